The smallest absolute Gasteiger partial charge is 0.243 e. The summed E-state index contributed by atoms with van der Waals surface area (Å²) in [4.78, 5) is 12.7. The highest BCUT2D eigenvalue weighted by Gasteiger charge is 2.12. The van der Waals surface area contributed by atoms with Crippen LogP contribution in [0.2, 0.25) is 0 Å². The lowest BCUT2D eigenvalue weighted by Crippen LogP contribution is -2.39. The van der Waals surface area contributed by atoms with Gasteiger partial charge in [-0.15, -0.1) is 11.8 Å². The summed E-state index contributed by atoms with van der Waals surface area (Å²) >= 11 is 1.62. The normalized spacial score (nSPS) is 12.2. The van der Waals surface area contributed by atoms with Crippen molar-refractivity contribution in [3.8, 4) is 0 Å². The SMILES string of the molecule is COCC(N)C(=O)Nc1cccc(SC)c1. The van der Waals surface area contributed by atoms with Gasteiger partial charge in [-0.25, -0.2) is 0 Å². The molecule has 0 bridgehead atoms. The van der Waals surface area contributed by atoms with Crippen LogP contribution in [0, 0.1) is 0 Å². The van der Waals surface area contributed by atoms with Gasteiger partial charge >= 0.3 is 0 Å². The van der Waals surface area contributed by atoms with Crippen molar-refractivity contribution in [2.75, 3.05) is 25.3 Å². The van der Waals surface area contributed by atoms with Crippen LogP contribution in [-0.4, -0.2) is 31.9 Å². The van der Waals surface area contributed by atoms with Gasteiger partial charge in [-0.1, -0.05) is 6.07 Å². The molecule has 0 radical (unpaired) electrons. The van der Waals surface area contributed by atoms with Crippen LogP contribution in [0.1, 0.15) is 0 Å². The van der Waals surface area contributed by atoms with Gasteiger partial charge in [-0.05, 0) is 24.5 Å². The molecule has 1 amide bonds. The summed E-state index contributed by atoms with van der Waals surface area (Å²) in [6.45, 7) is 0.216. The van der Waals surface area contributed by atoms with E-state index in [2.05, 4.69) is 5.32 Å². The number of thioether (sulfide) groups is 1. The summed E-state index contributed by atoms with van der Waals surface area (Å²) in [6, 6.07) is 6.97. The first-order chi connectivity index (χ1) is 7.67. The summed E-state index contributed by atoms with van der Waals surface area (Å²) in [5.41, 5.74) is 6.36. The van der Waals surface area contributed by atoms with E-state index < -0.39 is 6.04 Å². The Bertz CT molecular complexity index is 358. The van der Waals surface area contributed by atoms with Crippen LogP contribution in [0.3, 0.4) is 0 Å². The molecule has 0 aliphatic carbocycles. The third kappa shape index (κ3) is 3.84. The first-order valence-electron chi connectivity index (χ1n) is 4.87. The molecule has 0 spiro atoms. The number of carbonyl (C=O) groups is 1. The largest absolute Gasteiger partial charge is 0.383 e. The highest BCUT2D eigenvalue weighted by molar-refractivity contribution is 7.98. The van der Waals surface area contributed by atoms with Crippen molar-refractivity contribution in [1.29, 1.82) is 0 Å². The Morgan fingerprint density at radius 3 is 3.00 bits per heavy atom. The maximum Gasteiger partial charge on any atom is 0.243 e. The maximum atomic E-state index is 11.6. The molecule has 3 N–H and O–H groups in total. The molecule has 88 valence electrons. The maximum absolute atomic E-state index is 11.6. The standard InChI is InChI=1S/C11H16N2O2S/c1-15-7-10(12)11(14)13-8-4-3-5-9(6-8)16-2/h3-6,10H,7,12H2,1-2H3,(H,13,14). The molecule has 0 fully saturated rings. The van der Waals surface area contributed by atoms with Crippen LogP contribution >= 0.6 is 11.8 Å². The number of anilines is 1. The average Bonchev–Trinajstić information content (AvgIpc) is 2.29. The summed E-state index contributed by atoms with van der Waals surface area (Å²) < 4.78 is 4.82. The zero-order chi connectivity index (χ0) is 12.0. The monoisotopic (exact) mass is 240 g/mol. The van der Waals surface area contributed by atoms with Crippen molar-refractivity contribution in [3.05, 3.63) is 24.3 Å². The number of carbonyl (C=O) groups excluding carboxylic acids is 1. The van der Waals surface area contributed by atoms with E-state index >= 15 is 0 Å². The van der Waals surface area contributed by atoms with Crippen LogP contribution < -0.4 is 11.1 Å². The fraction of sp³-hybridized carbons (Fsp3) is 0.364. The number of hydrogen-bond donors (Lipinski definition) is 2. The van der Waals surface area contributed by atoms with E-state index in [1.54, 1.807) is 11.8 Å². The second kappa shape index (κ2) is 6.52. The van der Waals surface area contributed by atoms with E-state index in [9.17, 15) is 4.79 Å². The Morgan fingerprint density at radius 2 is 2.38 bits per heavy atom. The summed E-state index contributed by atoms with van der Waals surface area (Å²) in [5.74, 6) is -0.236. The quantitative estimate of drug-likeness (QED) is 0.762. The van der Waals surface area contributed by atoms with E-state index in [0.29, 0.717) is 0 Å². The minimum atomic E-state index is -0.636. The van der Waals surface area contributed by atoms with Gasteiger partial charge in [0.15, 0.2) is 0 Å². The molecule has 4 nitrogen and oxygen atoms in total. The number of ether oxygens (including phenoxy) is 1. The highest BCUT2D eigenvalue weighted by atomic mass is 32.2. The van der Waals surface area contributed by atoms with Gasteiger partial charge in [0, 0.05) is 17.7 Å². The topological polar surface area (TPSA) is 64.3 Å². The highest BCUT2D eigenvalue weighted by Crippen LogP contribution is 2.18. The predicted octanol–water partition coefficient (Wildman–Crippen LogP) is 1.32. The fourth-order valence-electron chi connectivity index (χ4n) is 1.19. The van der Waals surface area contributed by atoms with E-state index in [4.69, 9.17) is 10.5 Å². The van der Waals surface area contributed by atoms with Crippen molar-refractivity contribution < 1.29 is 9.53 Å². The van der Waals surface area contributed by atoms with Crippen LogP contribution in [0.4, 0.5) is 5.69 Å². The zero-order valence-electron chi connectivity index (χ0n) is 9.40. The first-order valence-corrected chi connectivity index (χ1v) is 6.09. The van der Waals surface area contributed by atoms with Crippen LogP contribution in [0.5, 0.6) is 0 Å². The lowest BCUT2D eigenvalue weighted by Gasteiger charge is -2.11. The predicted molar refractivity (Wildman–Crippen MR) is 66.7 cm³/mol. The van der Waals surface area contributed by atoms with Gasteiger partial charge in [0.05, 0.1) is 6.61 Å². The minimum Gasteiger partial charge on any atom is -0.383 e. The van der Waals surface area contributed by atoms with E-state index in [0.717, 1.165) is 10.6 Å². The number of rotatable bonds is 5. The van der Waals surface area contributed by atoms with Crippen LogP contribution in [0.25, 0.3) is 0 Å². The van der Waals surface area contributed by atoms with Crippen molar-refractivity contribution in [1.82, 2.24) is 0 Å². The van der Waals surface area contributed by atoms with Crippen molar-refractivity contribution in [2.45, 2.75) is 10.9 Å². The van der Waals surface area contributed by atoms with Gasteiger partial charge in [0.25, 0.3) is 0 Å². The minimum absolute atomic E-state index is 0.216. The molecule has 0 aromatic heterocycles. The average molecular weight is 240 g/mol. The van der Waals surface area contributed by atoms with Gasteiger partial charge in [0.1, 0.15) is 6.04 Å². The molecule has 1 aromatic rings. The second-order valence-electron chi connectivity index (χ2n) is 3.28. The number of methoxy groups -OCH3 is 1. The van der Waals surface area contributed by atoms with Gasteiger partial charge in [-0.2, -0.15) is 0 Å². The Morgan fingerprint density at radius 1 is 1.62 bits per heavy atom. The molecule has 1 aromatic carbocycles. The lowest BCUT2D eigenvalue weighted by atomic mass is 10.2. The zero-order valence-corrected chi connectivity index (χ0v) is 10.2. The Kier molecular flexibility index (Phi) is 5.31. The number of benzene rings is 1. The summed E-state index contributed by atoms with van der Waals surface area (Å²) in [7, 11) is 1.52. The third-order valence-corrected chi connectivity index (χ3v) is 2.75. The fourth-order valence-corrected chi connectivity index (χ4v) is 1.65. The van der Waals surface area contributed by atoms with Crippen LogP contribution in [-0.2, 0) is 9.53 Å². The van der Waals surface area contributed by atoms with Crippen molar-refractivity contribution in [3.63, 3.8) is 0 Å². The van der Waals surface area contributed by atoms with E-state index in [1.165, 1.54) is 7.11 Å². The Hall–Kier alpha value is -1.04. The molecule has 5 heteroatoms. The Labute approximate surface area is 99.5 Å². The molecule has 0 aliphatic rings. The summed E-state index contributed by atoms with van der Waals surface area (Å²) in [5, 5.41) is 2.74. The molecule has 16 heavy (non-hydrogen) atoms. The molecule has 1 rings (SSSR count). The lowest BCUT2D eigenvalue weighted by molar-refractivity contribution is -0.118. The second-order valence-corrected chi connectivity index (χ2v) is 4.16. The molecular formula is C11H16N2O2S. The number of nitrogens with two attached hydrogens (primary N) is 1. The molecule has 1 unspecified atom stereocenters. The molecule has 0 heterocycles. The van der Waals surface area contributed by atoms with Gasteiger partial charge < -0.3 is 15.8 Å². The molecule has 0 aliphatic heterocycles. The molecule has 0 saturated carbocycles. The molecule has 0 saturated heterocycles. The van der Waals surface area contributed by atoms with Crippen LogP contribution in [0.15, 0.2) is 29.2 Å². The first kappa shape index (κ1) is 13.0. The summed E-state index contributed by atoms with van der Waals surface area (Å²) in [6.07, 6.45) is 1.98. The van der Waals surface area contributed by atoms with Gasteiger partial charge in [-0.3, -0.25) is 4.79 Å². The van der Waals surface area contributed by atoms with Crippen molar-refractivity contribution >= 4 is 23.4 Å². The molecule has 1 atom stereocenters. The van der Waals surface area contributed by atoms with Crippen molar-refractivity contribution in [2.24, 2.45) is 5.73 Å². The third-order valence-electron chi connectivity index (χ3n) is 2.02. The number of nitrogens with one attached hydrogen (secondary N) is 1. The van der Waals surface area contributed by atoms with E-state index in [-0.39, 0.29) is 12.5 Å². The van der Waals surface area contributed by atoms with E-state index in [1.807, 2.05) is 30.5 Å². The van der Waals surface area contributed by atoms with Gasteiger partial charge in [0.2, 0.25) is 5.91 Å². The number of hydrogen-bond acceptors (Lipinski definition) is 4. The number of amides is 1. The molecular weight excluding hydrogens is 224 g/mol. The Balaban J connectivity index is 2.61.